The molecule has 2 aromatic rings. The van der Waals surface area contributed by atoms with E-state index in [0.717, 1.165) is 5.92 Å². The SMILES string of the molecule is CCC(CCC(C)C)c1cccc2c1Nc1ccccc1S2. The third-order valence-corrected chi connectivity index (χ3v) is 5.59. The van der Waals surface area contributed by atoms with Crippen molar-refractivity contribution in [3.8, 4) is 0 Å². The van der Waals surface area contributed by atoms with Gasteiger partial charge >= 0.3 is 0 Å². The van der Waals surface area contributed by atoms with E-state index in [9.17, 15) is 0 Å². The maximum absolute atomic E-state index is 3.69. The number of hydrogen-bond donors (Lipinski definition) is 1. The predicted octanol–water partition coefficient (Wildman–Crippen LogP) is 6.82. The molecule has 3 rings (SSSR count). The molecule has 1 aliphatic heterocycles. The fraction of sp³-hybridized carbons (Fsp3) is 0.400. The molecule has 0 saturated carbocycles. The zero-order chi connectivity index (χ0) is 15.5. The summed E-state index contributed by atoms with van der Waals surface area (Å²) in [7, 11) is 0. The molecule has 2 aromatic carbocycles. The van der Waals surface area contributed by atoms with Gasteiger partial charge in [0.2, 0.25) is 0 Å². The van der Waals surface area contributed by atoms with E-state index >= 15 is 0 Å². The fourth-order valence-electron chi connectivity index (χ4n) is 3.13. The summed E-state index contributed by atoms with van der Waals surface area (Å²) in [5, 5.41) is 3.69. The Kier molecular flexibility index (Phi) is 4.77. The summed E-state index contributed by atoms with van der Waals surface area (Å²) < 4.78 is 0. The number of fused-ring (bicyclic) bond motifs is 2. The molecule has 0 radical (unpaired) electrons. The van der Waals surface area contributed by atoms with Gasteiger partial charge in [0.05, 0.1) is 11.4 Å². The van der Waals surface area contributed by atoms with Crippen LogP contribution in [-0.2, 0) is 0 Å². The Morgan fingerprint density at radius 1 is 0.955 bits per heavy atom. The van der Waals surface area contributed by atoms with Crippen LogP contribution in [0.5, 0.6) is 0 Å². The van der Waals surface area contributed by atoms with Crippen molar-refractivity contribution in [2.24, 2.45) is 5.92 Å². The summed E-state index contributed by atoms with van der Waals surface area (Å²) in [6, 6.07) is 15.4. The number of hydrogen-bond acceptors (Lipinski definition) is 2. The zero-order valence-corrected chi connectivity index (χ0v) is 14.5. The van der Waals surface area contributed by atoms with E-state index in [1.54, 1.807) is 0 Å². The second-order valence-electron chi connectivity index (χ2n) is 6.52. The summed E-state index contributed by atoms with van der Waals surface area (Å²) in [6.07, 6.45) is 3.78. The van der Waals surface area contributed by atoms with Gasteiger partial charge in [-0.05, 0) is 48.4 Å². The number of rotatable bonds is 5. The molecule has 1 N–H and O–H groups in total. The highest BCUT2D eigenvalue weighted by molar-refractivity contribution is 7.99. The van der Waals surface area contributed by atoms with Gasteiger partial charge in [-0.1, -0.05) is 63.2 Å². The summed E-state index contributed by atoms with van der Waals surface area (Å²) in [5.74, 6) is 1.42. The second-order valence-corrected chi connectivity index (χ2v) is 7.60. The Hall–Kier alpha value is -1.41. The van der Waals surface area contributed by atoms with Crippen LogP contribution in [0.15, 0.2) is 52.3 Å². The van der Waals surface area contributed by atoms with Crippen LogP contribution in [0.3, 0.4) is 0 Å². The molecule has 116 valence electrons. The molecular weight excluding hydrogens is 286 g/mol. The van der Waals surface area contributed by atoms with E-state index < -0.39 is 0 Å². The van der Waals surface area contributed by atoms with Gasteiger partial charge in [-0.15, -0.1) is 0 Å². The van der Waals surface area contributed by atoms with Gasteiger partial charge < -0.3 is 5.32 Å². The monoisotopic (exact) mass is 311 g/mol. The Morgan fingerprint density at radius 2 is 1.73 bits per heavy atom. The lowest BCUT2D eigenvalue weighted by Gasteiger charge is -2.27. The summed E-state index contributed by atoms with van der Waals surface area (Å²) in [4.78, 5) is 2.68. The predicted molar refractivity (Wildman–Crippen MR) is 97.4 cm³/mol. The average molecular weight is 311 g/mol. The quantitative estimate of drug-likeness (QED) is 0.554. The fourth-order valence-corrected chi connectivity index (χ4v) is 4.16. The van der Waals surface area contributed by atoms with E-state index in [1.807, 2.05) is 11.8 Å². The van der Waals surface area contributed by atoms with Crippen molar-refractivity contribution < 1.29 is 0 Å². The Labute approximate surface area is 138 Å². The molecule has 0 saturated heterocycles. The van der Waals surface area contributed by atoms with Crippen LogP contribution in [0.1, 0.15) is 51.5 Å². The molecule has 1 nitrogen and oxygen atoms in total. The van der Waals surface area contributed by atoms with E-state index in [0.29, 0.717) is 5.92 Å². The summed E-state index contributed by atoms with van der Waals surface area (Å²) in [5.41, 5.74) is 4.07. The molecule has 1 heterocycles. The third kappa shape index (κ3) is 3.17. The molecule has 0 spiro atoms. The van der Waals surface area contributed by atoms with Crippen LogP contribution >= 0.6 is 11.8 Å². The van der Waals surface area contributed by atoms with Crippen molar-refractivity contribution in [2.45, 2.75) is 55.7 Å². The highest BCUT2D eigenvalue weighted by Gasteiger charge is 2.21. The van der Waals surface area contributed by atoms with Crippen LogP contribution in [0, 0.1) is 5.92 Å². The average Bonchev–Trinajstić information content (AvgIpc) is 2.53. The molecule has 0 amide bonds. The minimum Gasteiger partial charge on any atom is -0.353 e. The highest BCUT2D eigenvalue weighted by Crippen LogP contribution is 2.47. The van der Waals surface area contributed by atoms with Gasteiger partial charge in [0.15, 0.2) is 0 Å². The lowest BCUT2D eigenvalue weighted by molar-refractivity contribution is 0.492. The molecule has 0 aliphatic carbocycles. The van der Waals surface area contributed by atoms with Crippen molar-refractivity contribution >= 4 is 23.1 Å². The number of para-hydroxylation sites is 2. The maximum atomic E-state index is 3.69. The first-order valence-corrected chi connectivity index (χ1v) is 9.17. The molecule has 1 unspecified atom stereocenters. The van der Waals surface area contributed by atoms with Crippen LogP contribution in [-0.4, -0.2) is 0 Å². The minimum absolute atomic E-state index is 0.649. The molecule has 22 heavy (non-hydrogen) atoms. The number of anilines is 2. The summed E-state index contributed by atoms with van der Waals surface area (Å²) in [6.45, 7) is 6.95. The maximum Gasteiger partial charge on any atom is 0.0561 e. The highest BCUT2D eigenvalue weighted by atomic mass is 32.2. The smallest absolute Gasteiger partial charge is 0.0561 e. The Morgan fingerprint density at radius 3 is 2.50 bits per heavy atom. The molecule has 0 bridgehead atoms. The first-order chi connectivity index (χ1) is 10.7. The Balaban J connectivity index is 1.92. The molecular formula is C20H25NS. The van der Waals surface area contributed by atoms with Gasteiger partial charge in [-0.2, -0.15) is 0 Å². The van der Waals surface area contributed by atoms with Gasteiger partial charge in [-0.3, -0.25) is 0 Å². The normalized spacial score (nSPS) is 14.2. The van der Waals surface area contributed by atoms with E-state index in [1.165, 1.54) is 46.0 Å². The van der Waals surface area contributed by atoms with Gasteiger partial charge in [-0.25, -0.2) is 0 Å². The lowest BCUT2D eigenvalue weighted by Crippen LogP contribution is -2.07. The standard InChI is InChI=1S/C20H25NS/c1-4-15(13-12-14(2)3)16-8-7-11-19-20(16)21-17-9-5-6-10-18(17)22-19/h5-11,14-15,21H,4,12-13H2,1-3H3. The van der Waals surface area contributed by atoms with Crippen molar-refractivity contribution in [1.82, 2.24) is 0 Å². The molecule has 2 heteroatoms. The van der Waals surface area contributed by atoms with Gasteiger partial charge in [0.25, 0.3) is 0 Å². The Bertz CT molecular complexity index is 648. The first kappa shape index (κ1) is 15.5. The van der Waals surface area contributed by atoms with Crippen LogP contribution in [0.2, 0.25) is 0 Å². The largest absolute Gasteiger partial charge is 0.353 e. The first-order valence-electron chi connectivity index (χ1n) is 8.35. The zero-order valence-electron chi connectivity index (χ0n) is 13.7. The van der Waals surface area contributed by atoms with E-state index in [-0.39, 0.29) is 0 Å². The van der Waals surface area contributed by atoms with Gasteiger partial charge in [0.1, 0.15) is 0 Å². The second kappa shape index (κ2) is 6.78. The van der Waals surface area contributed by atoms with Crippen LogP contribution in [0.4, 0.5) is 11.4 Å². The van der Waals surface area contributed by atoms with Crippen molar-refractivity contribution in [2.75, 3.05) is 5.32 Å². The lowest BCUT2D eigenvalue weighted by atomic mass is 9.88. The topological polar surface area (TPSA) is 12.0 Å². The molecule has 1 atom stereocenters. The van der Waals surface area contributed by atoms with E-state index in [4.69, 9.17) is 0 Å². The van der Waals surface area contributed by atoms with Gasteiger partial charge in [0, 0.05) is 9.79 Å². The van der Waals surface area contributed by atoms with Crippen molar-refractivity contribution in [3.63, 3.8) is 0 Å². The van der Waals surface area contributed by atoms with Crippen LogP contribution < -0.4 is 5.32 Å². The van der Waals surface area contributed by atoms with Crippen molar-refractivity contribution in [3.05, 3.63) is 48.0 Å². The number of nitrogens with one attached hydrogen (secondary N) is 1. The molecule has 0 fully saturated rings. The minimum atomic E-state index is 0.649. The summed E-state index contributed by atoms with van der Waals surface area (Å²) >= 11 is 1.89. The molecule has 1 aliphatic rings. The van der Waals surface area contributed by atoms with Crippen LogP contribution in [0.25, 0.3) is 0 Å². The number of benzene rings is 2. The van der Waals surface area contributed by atoms with Crippen molar-refractivity contribution in [1.29, 1.82) is 0 Å². The van der Waals surface area contributed by atoms with E-state index in [2.05, 4.69) is 68.6 Å². The third-order valence-electron chi connectivity index (χ3n) is 4.45. The molecule has 0 aromatic heterocycles.